The first-order chi connectivity index (χ1) is 10.5. The Labute approximate surface area is 127 Å². The number of hydrogen-bond donors (Lipinski definition) is 0. The third-order valence-corrected chi connectivity index (χ3v) is 3.65. The molecule has 0 saturated heterocycles. The molecule has 2 rings (SSSR count). The van der Waals surface area contributed by atoms with Gasteiger partial charge in [0.05, 0.1) is 15.9 Å². The molecule has 0 saturated carbocycles. The third-order valence-electron chi connectivity index (χ3n) is 2.64. The van der Waals surface area contributed by atoms with Crippen LogP contribution < -0.4 is 0 Å². The molecule has 1 unspecified atom stereocenters. The van der Waals surface area contributed by atoms with Gasteiger partial charge >= 0.3 is 0 Å². The molecule has 0 aliphatic rings. The summed E-state index contributed by atoms with van der Waals surface area (Å²) in [6.07, 6.45) is 1.32. The lowest BCUT2D eigenvalue weighted by molar-refractivity contribution is -0.396. The van der Waals surface area contributed by atoms with Gasteiger partial charge < -0.3 is 0 Å². The van der Waals surface area contributed by atoms with Crippen LogP contribution in [0.2, 0.25) is 0 Å². The van der Waals surface area contributed by atoms with Gasteiger partial charge in [-0.25, -0.2) is 4.21 Å². The van der Waals surface area contributed by atoms with Gasteiger partial charge in [0.25, 0.3) is 11.4 Å². The Morgan fingerprint density at radius 3 is 2.27 bits per heavy atom. The highest BCUT2D eigenvalue weighted by molar-refractivity contribution is 7.84. The quantitative estimate of drug-likeness (QED) is 0.477. The number of nitro groups is 2. The minimum atomic E-state index is -2.03. The molecule has 2 aromatic rings. The fraction of sp³-hybridized carbons (Fsp3) is 0. The van der Waals surface area contributed by atoms with Gasteiger partial charge in [-0.05, 0) is 11.6 Å². The van der Waals surface area contributed by atoms with Crippen molar-refractivity contribution in [2.45, 2.75) is 4.90 Å². The molecule has 0 aliphatic heterocycles. The SMILES string of the molecule is O=[N+]([O-])c1ccc(S(=O)/N=C/c2ccccc2)c([N+](=O)[O-])c1. The van der Waals surface area contributed by atoms with E-state index in [0.717, 1.165) is 18.2 Å². The van der Waals surface area contributed by atoms with E-state index < -0.39 is 32.2 Å². The molecule has 0 aromatic heterocycles. The molecule has 0 radical (unpaired) electrons. The first-order valence-electron chi connectivity index (χ1n) is 5.93. The first-order valence-corrected chi connectivity index (χ1v) is 7.03. The Hall–Kier alpha value is -2.94. The summed E-state index contributed by atoms with van der Waals surface area (Å²) in [6.45, 7) is 0. The number of nitro benzene ring substituents is 2. The Morgan fingerprint density at radius 1 is 1.00 bits per heavy atom. The maximum Gasteiger partial charge on any atom is 0.294 e. The van der Waals surface area contributed by atoms with E-state index in [1.807, 2.05) is 0 Å². The van der Waals surface area contributed by atoms with Crippen LogP contribution in [0.5, 0.6) is 0 Å². The van der Waals surface area contributed by atoms with Crippen LogP contribution in [0.1, 0.15) is 5.56 Å². The summed E-state index contributed by atoms with van der Waals surface area (Å²) < 4.78 is 15.8. The van der Waals surface area contributed by atoms with Crippen LogP contribution in [0, 0.1) is 20.2 Å². The Morgan fingerprint density at radius 2 is 1.68 bits per heavy atom. The standard InChI is InChI=1S/C13H9N3O5S/c17-15(18)11-6-7-13(12(8-11)16(19)20)22(21)14-9-10-4-2-1-3-5-10/h1-9H/b14-9+. The van der Waals surface area contributed by atoms with Gasteiger partial charge in [0, 0.05) is 12.3 Å². The fourth-order valence-electron chi connectivity index (χ4n) is 1.61. The van der Waals surface area contributed by atoms with Crippen LogP contribution in [-0.2, 0) is 11.0 Å². The fourth-order valence-corrected chi connectivity index (χ4v) is 2.44. The monoisotopic (exact) mass is 319 g/mol. The predicted molar refractivity (Wildman–Crippen MR) is 80.2 cm³/mol. The average molecular weight is 319 g/mol. The van der Waals surface area contributed by atoms with E-state index in [1.54, 1.807) is 30.3 Å². The lowest BCUT2D eigenvalue weighted by Crippen LogP contribution is -1.99. The van der Waals surface area contributed by atoms with Crippen molar-refractivity contribution in [1.29, 1.82) is 0 Å². The van der Waals surface area contributed by atoms with Gasteiger partial charge in [0.15, 0.2) is 11.0 Å². The minimum absolute atomic E-state index is 0.192. The Kier molecular flexibility index (Phi) is 4.69. The topological polar surface area (TPSA) is 116 Å². The molecule has 0 heterocycles. The molecule has 22 heavy (non-hydrogen) atoms. The number of non-ortho nitro benzene ring substituents is 1. The maximum atomic E-state index is 12.1. The van der Waals surface area contributed by atoms with Crippen LogP contribution in [0.3, 0.4) is 0 Å². The summed E-state index contributed by atoms with van der Waals surface area (Å²) in [5.41, 5.74) is -0.363. The van der Waals surface area contributed by atoms with Gasteiger partial charge in [-0.3, -0.25) is 20.2 Å². The van der Waals surface area contributed by atoms with E-state index in [4.69, 9.17) is 0 Å². The van der Waals surface area contributed by atoms with E-state index in [9.17, 15) is 24.4 Å². The van der Waals surface area contributed by atoms with Crippen molar-refractivity contribution < 1.29 is 14.1 Å². The second kappa shape index (κ2) is 6.68. The van der Waals surface area contributed by atoms with E-state index in [0.29, 0.717) is 5.56 Å². The smallest absolute Gasteiger partial charge is 0.258 e. The largest absolute Gasteiger partial charge is 0.294 e. The number of rotatable bonds is 5. The third kappa shape index (κ3) is 3.58. The summed E-state index contributed by atoms with van der Waals surface area (Å²) in [7, 11) is -2.03. The second-order valence-electron chi connectivity index (χ2n) is 4.06. The van der Waals surface area contributed by atoms with E-state index in [2.05, 4.69) is 4.40 Å². The average Bonchev–Trinajstić information content (AvgIpc) is 2.52. The summed E-state index contributed by atoms with van der Waals surface area (Å²) in [5.74, 6) is 0. The Bertz CT molecular complexity index is 776. The molecule has 0 spiro atoms. The maximum absolute atomic E-state index is 12.1. The highest BCUT2D eigenvalue weighted by Crippen LogP contribution is 2.27. The van der Waals surface area contributed by atoms with E-state index in [1.165, 1.54) is 6.21 Å². The number of nitrogens with zero attached hydrogens (tertiary/aromatic N) is 3. The second-order valence-corrected chi connectivity index (χ2v) is 5.21. The van der Waals surface area contributed by atoms with Gasteiger partial charge in [-0.2, -0.15) is 4.40 Å². The van der Waals surface area contributed by atoms with Crippen molar-refractivity contribution in [3.8, 4) is 0 Å². The van der Waals surface area contributed by atoms with Crippen LogP contribution in [-0.4, -0.2) is 20.3 Å². The molecule has 9 heteroatoms. The number of hydrogen-bond acceptors (Lipinski definition) is 5. The van der Waals surface area contributed by atoms with Gasteiger partial charge in [-0.1, -0.05) is 30.3 Å². The molecule has 1 atom stereocenters. The molecule has 0 amide bonds. The molecule has 8 nitrogen and oxygen atoms in total. The lowest BCUT2D eigenvalue weighted by Gasteiger charge is -1.99. The molecule has 2 aromatic carbocycles. The molecule has 112 valence electrons. The summed E-state index contributed by atoms with van der Waals surface area (Å²) in [5, 5.41) is 21.6. The zero-order valence-corrected chi connectivity index (χ0v) is 11.8. The number of benzene rings is 2. The van der Waals surface area contributed by atoms with Gasteiger partial charge in [0.2, 0.25) is 0 Å². The zero-order chi connectivity index (χ0) is 16.1. The first kappa shape index (κ1) is 15.4. The summed E-state index contributed by atoms with van der Waals surface area (Å²) in [4.78, 5) is 19.8. The molecule has 0 aliphatic carbocycles. The van der Waals surface area contributed by atoms with Crippen molar-refractivity contribution in [2.75, 3.05) is 0 Å². The molecule has 0 fully saturated rings. The summed E-state index contributed by atoms with van der Waals surface area (Å²) in [6, 6.07) is 11.7. The van der Waals surface area contributed by atoms with Crippen LogP contribution in [0.25, 0.3) is 0 Å². The van der Waals surface area contributed by atoms with Gasteiger partial charge in [-0.15, -0.1) is 0 Å². The lowest BCUT2D eigenvalue weighted by atomic mass is 10.2. The van der Waals surface area contributed by atoms with Gasteiger partial charge in [0.1, 0.15) is 4.90 Å². The van der Waals surface area contributed by atoms with E-state index >= 15 is 0 Å². The molecular weight excluding hydrogens is 310 g/mol. The highest BCUT2D eigenvalue weighted by Gasteiger charge is 2.22. The zero-order valence-electron chi connectivity index (χ0n) is 11.0. The normalized spacial score (nSPS) is 12.2. The van der Waals surface area contributed by atoms with Crippen LogP contribution in [0.15, 0.2) is 57.8 Å². The van der Waals surface area contributed by atoms with E-state index in [-0.39, 0.29) is 4.90 Å². The van der Waals surface area contributed by atoms with Crippen molar-refractivity contribution >= 4 is 28.6 Å². The van der Waals surface area contributed by atoms with Crippen molar-refractivity contribution in [2.24, 2.45) is 4.40 Å². The molecule has 0 N–H and O–H groups in total. The van der Waals surface area contributed by atoms with Crippen LogP contribution >= 0.6 is 0 Å². The van der Waals surface area contributed by atoms with Crippen LogP contribution in [0.4, 0.5) is 11.4 Å². The predicted octanol–water partition coefficient (Wildman–Crippen LogP) is 2.64. The minimum Gasteiger partial charge on any atom is -0.258 e. The Balaban J connectivity index is 2.35. The van der Waals surface area contributed by atoms with Crippen molar-refractivity contribution in [3.05, 3.63) is 74.3 Å². The molecule has 0 bridgehead atoms. The molecular formula is C13H9N3O5S. The van der Waals surface area contributed by atoms with Crippen molar-refractivity contribution in [3.63, 3.8) is 0 Å². The van der Waals surface area contributed by atoms with Crippen molar-refractivity contribution in [1.82, 2.24) is 0 Å². The highest BCUT2D eigenvalue weighted by atomic mass is 32.2. The summed E-state index contributed by atoms with van der Waals surface area (Å²) >= 11 is 0.